The summed E-state index contributed by atoms with van der Waals surface area (Å²) in [5.41, 5.74) is 0.577. The van der Waals surface area contributed by atoms with Crippen molar-refractivity contribution in [3.8, 4) is 0 Å². The smallest absolute Gasteiger partial charge is 0.270 e. The van der Waals surface area contributed by atoms with Crippen molar-refractivity contribution in [1.29, 1.82) is 0 Å². The molecule has 9 nitrogen and oxygen atoms in total. The number of rotatable bonds is 5. The van der Waals surface area contributed by atoms with Crippen molar-refractivity contribution in [1.82, 2.24) is 19.4 Å². The van der Waals surface area contributed by atoms with E-state index in [2.05, 4.69) is 20.0 Å². The van der Waals surface area contributed by atoms with Gasteiger partial charge in [0.05, 0.1) is 5.69 Å². The number of anilines is 1. The van der Waals surface area contributed by atoms with Crippen molar-refractivity contribution in [3.05, 3.63) is 16.8 Å². The Kier molecular flexibility index (Phi) is 4.34. The highest BCUT2D eigenvalue weighted by atomic mass is 32.2. The van der Waals surface area contributed by atoms with Crippen molar-refractivity contribution >= 4 is 33.3 Å². The average Bonchev–Trinajstić information content (AvgIpc) is 2.96. The molecule has 0 aliphatic rings. The zero-order chi connectivity index (χ0) is 15.6. The van der Waals surface area contributed by atoms with Gasteiger partial charge in [-0.2, -0.15) is 5.10 Å². The Balaban J connectivity index is 2.30. The van der Waals surface area contributed by atoms with Crippen LogP contribution in [0.15, 0.2) is 11.1 Å². The quantitative estimate of drug-likeness (QED) is 0.800. The minimum absolute atomic E-state index is 0.110. The summed E-state index contributed by atoms with van der Waals surface area (Å²) in [6.07, 6.45) is 2.66. The zero-order valence-corrected chi connectivity index (χ0v) is 13.0. The predicted octanol–water partition coefficient (Wildman–Crippen LogP) is 0.124. The fraction of sp³-hybridized carbons (Fsp3) is 0.400. The number of nitrogens with two attached hydrogens (primary N) is 1. The summed E-state index contributed by atoms with van der Waals surface area (Å²) in [7, 11) is -2.44. The predicted molar refractivity (Wildman–Crippen MR) is 76.4 cm³/mol. The first kappa shape index (κ1) is 15.5. The van der Waals surface area contributed by atoms with Gasteiger partial charge in [-0.25, -0.2) is 13.6 Å². The highest BCUT2D eigenvalue weighted by Gasteiger charge is 2.22. The third kappa shape index (κ3) is 3.43. The fourth-order valence-corrected chi connectivity index (χ4v) is 2.97. The van der Waals surface area contributed by atoms with Crippen LogP contribution in [0.1, 0.15) is 28.7 Å². The van der Waals surface area contributed by atoms with Gasteiger partial charge in [0.2, 0.25) is 10.0 Å². The van der Waals surface area contributed by atoms with E-state index >= 15 is 0 Å². The number of nitrogens with one attached hydrogen (secondary N) is 1. The molecule has 0 saturated carbocycles. The Bertz CT molecular complexity index is 764. The number of carbonyl (C=O) groups is 1. The van der Waals surface area contributed by atoms with Crippen molar-refractivity contribution in [2.75, 3.05) is 5.32 Å². The highest BCUT2D eigenvalue weighted by molar-refractivity contribution is 7.89. The van der Waals surface area contributed by atoms with E-state index in [1.165, 1.54) is 17.9 Å². The molecular formula is C10H14N6O3S2. The molecule has 2 heterocycles. The van der Waals surface area contributed by atoms with E-state index in [1.54, 1.807) is 0 Å². The van der Waals surface area contributed by atoms with Crippen LogP contribution in [0.5, 0.6) is 0 Å². The molecule has 0 saturated heterocycles. The van der Waals surface area contributed by atoms with Gasteiger partial charge in [-0.05, 0) is 18.0 Å². The number of carbonyl (C=O) groups excluding carboxylic acids is 1. The van der Waals surface area contributed by atoms with E-state index in [0.717, 1.165) is 18.0 Å². The molecule has 3 N–H and O–H groups in total. The van der Waals surface area contributed by atoms with Crippen LogP contribution in [-0.2, 0) is 23.5 Å². The van der Waals surface area contributed by atoms with Crippen LogP contribution in [0.2, 0.25) is 0 Å². The van der Waals surface area contributed by atoms with Crippen LogP contribution in [0.25, 0.3) is 0 Å². The van der Waals surface area contributed by atoms with Gasteiger partial charge in [-0.1, -0.05) is 17.8 Å². The van der Waals surface area contributed by atoms with Crippen LogP contribution < -0.4 is 10.5 Å². The second-order valence-electron chi connectivity index (χ2n) is 4.31. The third-order valence-electron chi connectivity index (χ3n) is 2.58. The van der Waals surface area contributed by atoms with Gasteiger partial charge >= 0.3 is 0 Å². The summed E-state index contributed by atoms with van der Waals surface area (Å²) in [5.74, 6) is -0.613. The van der Waals surface area contributed by atoms with E-state index in [0.29, 0.717) is 17.0 Å². The summed E-state index contributed by atoms with van der Waals surface area (Å²) in [6, 6.07) is 0. The number of aromatic nitrogens is 4. The summed E-state index contributed by atoms with van der Waals surface area (Å²) in [5, 5.41) is 15.3. The molecule has 0 fully saturated rings. The maximum Gasteiger partial charge on any atom is 0.270 e. The van der Waals surface area contributed by atoms with E-state index in [4.69, 9.17) is 5.14 Å². The maximum absolute atomic E-state index is 12.2. The maximum atomic E-state index is 12.2. The van der Waals surface area contributed by atoms with E-state index < -0.39 is 15.9 Å². The first-order chi connectivity index (χ1) is 9.82. The zero-order valence-electron chi connectivity index (χ0n) is 11.4. The van der Waals surface area contributed by atoms with Gasteiger partial charge < -0.3 is 5.32 Å². The molecule has 2 aromatic heterocycles. The molecule has 0 aliphatic heterocycles. The fourth-order valence-electron chi connectivity index (χ4n) is 1.71. The molecule has 0 atom stereocenters. The normalized spacial score (nSPS) is 11.6. The molecule has 0 spiro atoms. The van der Waals surface area contributed by atoms with Crippen LogP contribution in [0.4, 0.5) is 5.82 Å². The van der Waals surface area contributed by atoms with Crippen molar-refractivity contribution in [3.63, 3.8) is 0 Å². The molecule has 114 valence electrons. The Morgan fingerprint density at radius 3 is 2.86 bits per heavy atom. The van der Waals surface area contributed by atoms with E-state index in [1.807, 2.05) is 6.92 Å². The third-order valence-corrected chi connectivity index (χ3v) is 4.26. The monoisotopic (exact) mass is 330 g/mol. The van der Waals surface area contributed by atoms with Gasteiger partial charge in [-0.15, -0.1) is 5.10 Å². The van der Waals surface area contributed by atoms with Crippen LogP contribution in [0.3, 0.4) is 0 Å². The lowest BCUT2D eigenvalue weighted by molar-refractivity contribution is 0.102. The van der Waals surface area contributed by atoms with Crippen LogP contribution >= 0.6 is 11.5 Å². The molecule has 11 heteroatoms. The summed E-state index contributed by atoms with van der Waals surface area (Å²) in [4.78, 5) is 12.3. The molecule has 2 rings (SSSR count). The minimum atomic E-state index is -3.97. The molecule has 0 aromatic carbocycles. The van der Waals surface area contributed by atoms with Gasteiger partial charge in [0.25, 0.3) is 5.91 Å². The number of amides is 1. The van der Waals surface area contributed by atoms with Crippen molar-refractivity contribution in [2.45, 2.75) is 24.7 Å². The second-order valence-corrected chi connectivity index (χ2v) is 6.60. The number of hydrogen-bond acceptors (Lipinski definition) is 7. The van der Waals surface area contributed by atoms with Gasteiger partial charge in [0, 0.05) is 13.2 Å². The first-order valence-electron chi connectivity index (χ1n) is 6.02. The Morgan fingerprint density at radius 1 is 1.52 bits per heavy atom. The lowest BCUT2D eigenvalue weighted by Crippen LogP contribution is -2.18. The Morgan fingerprint density at radius 2 is 2.24 bits per heavy atom. The van der Waals surface area contributed by atoms with E-state index in [-0.39, 0.29) is 10.7 Å². The number of hydrogen-bond donors (Lipinski definition) is 2. The number of primary sulfonamides is 1. The summed E-state index contributed by atoms with van der Waals surface area (Å²) >= 11 is 0.949. The lowest BCUT2D eigenvalue weighted by atomic mass is 10.2. The van der Waals surface area contributed by atoms with Crippen LogP contribution in [-0.4, -0.2) is 33.7 Å². The molecule has 0 aliphatic carbocycles. The van der Waals surface area contributed by atoms with Crippen molar-refractivity contribution in [2.24, 2.45) is 12.2 Å². The Labute approximate surface area is 125 Å². The standard InChI is InChI=1S/C10H14N6O3S2/c1-3-4-6-8(20-15-13-6)10(17)12-9-7(21(11,18)19)5-16(2)14-9/h5H,3-4H2,1-2H3,(H2,11,18,19)(H,12,14,17). The number of sulfonamides is 1. The summed E-state index contributed by atoms with van der Waals surface area (Å²) < 4.78 is 27.9. The molecule has 2 aromatic rings. The van der Waals surface area contributed by atoms with Gasteiger partial charge in [0.15, 0.2) is 5.82 Å². The van der Waals surface area contributed by atoms with Gasteiger partial charge in [-0.3, -0.25) is 9.48 Å². The summed E-state index contributed by atoms with van der Waals surface area (Å²) in [6.45, 7) is 1.96. The minimum Gasteiger partial charge on any atom is -0.303 e. The molecule has 0 radical (unpaired) electrons. The van der Waals surface area contributed by atoms with Crippen molar-refractivity contribution < 1.29 is 13.2 Å². The highest BCUT2D eigenvalue weighted by Crippen LogP contribution is 2.20. The largest absolute Gasteiger partial charge is 0.303 e. The lowest BCUT2D eigenvalue weighted by Gasteiger charge is -2.03. The molecule has 1 amide bonds. The SMILES string of the molecule is CCCc1nnsc1C(=O)Nc1nn(C)cc1S(N)(=O)=O. The number of nitrogens with zero attached hydrogens (tertiary/aromatic N) is 4. The molecule has 0 unspecified atom stereocenters. The topological polar surface area (TPSA) is 133 Å². The van der Waals surface area contributed by atoms with E-state index in [9.17, 15) is 13.2 Å². The molecule has 0 bridgehead atoms. The molecular weight excluding hydrogens is 316 g/mol. The average molecular weight is 330 g/mol. The molecule has 21 heavy (non-hydrogen) atoms. The second kappa shape index (κ2) is 5.87. The Hall–Kier alpha value is -1.85. The number of aryl methyl sites for hydroxylation is 2. The van der Waals surface area contributed by atoms with Gasteiger partial charge in [0.1, 0.15) is 9.77 Å². The van der Waals surface area contributed by atoms with Crippen LogP contribution in [0, 0.1) is 0 Å². The first-order valence-corrected chi connectivity index (χ1v) is 8.34.